The molecule has 0 aliphatic carbocycles. The van der Waals surface area contributed by atoms with Gasteiger partial charge in [0.2, 0.25) is 11.8 Å². The van der Waals surface area contributed by atoms with E-state index in [1.165, 1.54) is 43.3 Å². The summed E-state index contributed by atoms with van der Waals surface area (Å²) in [6.45, 7) is -1.61. The number of rotatable bonds is 6. The lowest BCUT2D eigenvalue weighted by atomic mass is 10.1. The van der Waals surface area contributed by atoms with Gasteiger partial charge in [0.05, 0.1) is 12.1 Å². The molecule has 0 saturated carbocycles. The molecule has 0 heterocycles. The molecule has 0 aromatic heterocycles. The molecule has 8 heteroatoms. The first kappa shape index (κ1) is 18.3. The predicted octanol–water partition coefficient (Wildman–Crippen LogP) is 3.57. The molecule has 2 amide bonds. The van der Waals surface area contributed by atoms with Crippen molar-refractivity contribution in [1.29, 1.82) is 0 Å². The van der Waals surface area contributed by atoms with Crippen LogP contribution >= 0.6 is 0 Å². The van der Waals surface area contributed by atoms with E-state index in [0.717, 1.165) is 6.07 Å². The van der Waals surface area contributed by atoms with E-state index >= 15 is 0 Å². The summed E-state index contributed by atoms with van der Waals surface area (Å²) in [7, 11) is 0. The van der Waals surface area contributed by atoms with Crippen LogP contribution < -0.4 is 15.4 Å². The smallest absolute Gasteiger partial charge is 0.387 e. The number of alkyl halides is 2. The van der Waals surface area contributed by atoms with Crippen molar-refractivity contribution in [1.82, 2.24) is 0 Å². The highest BCUT2D eigenvalue weighted by Crippen LogP contribution is 2.20. The van der Waals surface area contributed by atoms with Crippen LogP contribution in [0.4, 0.5) is 24.5 Å². The van der Waals surface area contributed by atoms with Gasteiger partial charge >= 0.3 is 6.61 Å². The molecule has 0 spiro atoms. The average Bonchev–Trinajstić information content (AvgIpc) is 2.51. The topological polar surface area (TPSA) is 67.4 Å². The van der Waals surface area contributed by atoms with Gasteiger partial charge in [-0.05, 0) is 35.9 Å². The molecule has 0 fully saturated rings. The van der Waals surface area contributed by atoms with E-state index in [0.29, 0.717) is 11.3 Å². The van der Waals surface area contributed by atoms with E-state index in [-0.39, 0.29) is 23.8 Å². The molecule has 0 unspecified atom stereocenters. The van der Waals surface area contributed by atoms with Crippen molar-refractivity contribution < 1.29 is 27.5 Å². The Balaban J connectivity index is 2.01. The molecule has 132 valence electrons. The van der Waals surface area contributed by atoms with E-state index in [4.69, 9.17) is 0 Å². The molecular weight excluding hydrogens is 337 g/mol. The van der Waals surface area contributed by atoms with Gasteiger partial charge in [-0.3, -0.25) is 9.59 Å². The monoisotopic (exact) mass is 352 g/mol. The first-order valence-corrected chi connectivity index (χ1v) is 7.24. The van der Waals surface area contributed by atoms with Crippen LogP contribution in [0.15, 0.2) is 42.5 Å². The lowest BCUT2D eigenvalue weighted by Crippen LogP contribution is -2.16. The van der Waals surface area contributed by atoms with Crippen molar-refractivity contribution in [3.8, 4) is 5.75 Å². The zero-order valence-electron chi connectivity index (χ0n) is 13.2. The average molecular weight is 352 g/mol. The van der Waals surface area contributed by atoms with Crippen LogP contribution in [0.25, 0.3) is 0 Å². The third-order valence-electron chi connectivity index (χ3n) is 3.07. The maximum absolute atomic E-state index is 13.8. The quantitative estimate of drug-likeness (QED) is 0.835. The Bertz CT molecular complexity index is 764. The Morgan fingerprint density at radius 1 is 1.08 bits per heavy atom. The standard InChI is InChI=1S/C17H15F3N2O3/c1-10(23)21-12-4-7-14(18)15(9-12)22-16(24)8-11-2-5-13(6-3-11)25-17(19)20/h2-7,9,17H,8H2,1H3,(H,21,23)(H,22,24). The zero-order chi connectivity index (χ0) is 18.4. The third-order valence-corrected chi connectivity index (χ3v) is 3.07. The Hall–Kier alpha value is -3.03. The summed E-state index contributed by atoms with van der Waals surface area (Å²) in [5.74, 6) is -1.49. The minimum Gasteiger partial charge on any atom is -0.435 e. The van der Waals surface area contributed by atoms with Gasteiger partial charge in [-0.2, -0.15) is 8.78 Å². The Kier molecular flexibility index (Phi) is 5.99. The number of nitrogens with one attached hydrogen (secondary N) is 2. The fourth-order valence-corrected chi connectivity index (χ4v) is 2.07. The summed E-state index contributed by atoms with van der Waals surface area (Å²) in [5, 5.41) is 4.89. The maximum Gasteiger partial charge on any atom is 0.387 e. The minimum absolute atomic E-state index is 0.0202. The van der Waals surface area contributed by atoms with E-state index in [2.05, 4.69) is 15.4 Å². The Morgan fingerprint density at radius 3 is 2.36 bits per heavy atom. The predicted molar refractivity (Wildman–Crippen MR) is 86.1 cm³/mol. The molecule has 0 atom stereocenters. The van der Waals surface area contributed by atoms with Crippen LogP contribution in [0.1, 0.15) is 12.5 Å². The van der Waals surface area contributed by atoms with Crippen LogP contribution in [0.2, 0.25) is 0 Å². The maximum atomic E-state index is 13.8. The lowest BCUT2D eigenvalue weighted by molar-refractivity contribution is -0.116. The third kappa shape index (κ3) is 5.83. The van der Waals surface area contributed by atoms with Crippen molar-refractivity contribution in [2.24, 2.45) is 0 Å². The van der Waals surface area contributed by atoms with E-state index < -0.39 is 18.3 Å². The first-order valence-electron chi connectivity index (χ1n) is 7.24. The first-order chi connectivity index (χ1) is 11.8. The SMILES string of the molecule is CC(=O)Nc1ccc(F)c(NC(=O)Cc2ccc(OC(F)F)cc2)c1. The van der Waals surface area contributed by atoms with Gasteiger partial charge < -0.3 is 15.4 Å². The highest BCUT2D eigenvalue weighted by atomic mass is 19.3. The van der Waals surface area contributed by atoms with Crippen LogP contribution in [-0.4, -0.2) is 18.4 Å². The number of ether oxygens (including phenoxy) is 1. The van der Waals surface area contributed by atoms with Crippen molar-refractivity contribution in [2.45, 2.75) is 20.0 Å². The lowest BCUT2D eigenvalue weighted by Gasteiger charge is -2.10. The van der Waals surface area contributed by atoms with Crippen LogP contribution in [0.5, 0.6) is 5.75 Å². The fraction of sp³-hybridized carbons (Fsp3) is 0.176. The fourth-order valence-electron chi connectivity index (χ4n) is 2.07. The Labute approximate surface area is 141 Å². The summed E-state index contributed by atoms with van der Waals surface area (Å²) in [4.78, 5) is 23.0. The second-order valence-electron chi connectivity index (χ2n) is 5.12. The molecular formula is C17H15F3N2O3. The molecule has 0 aliphatic heterocycles. The van der Waals surface area contributed by atoms with Gasteiger partial charge in [0.15, 0.2) is 0 Å². The minimum atomic E-state index is -2.92. The molecule has 2 N–H and O–H groups in total. The van der Waals surface area contributed by atoms with Crippen LogP contribution in [0.3, 0.4) is 0 Å². The van der Waals surface area contributed by atoms with Gasteiger partial charge in [-0.1, -0.05) is 12.1 Å². The van der Waals surface area contributed by atoms with Crippen LogP contribution in [-0.2, 0) is 16.0 Å². The summed E-state index contributed by atoms with van der Waals surface area (Å²) in [6, 6.07) is 9.34. The largest absolute Gasteiger partial charge is 0.435 e. The van der Waals surface area contributed by atoms with Crippen molar-refractivity contribution in [2.75, 3.05) is 10.6 Å². The van der Waals surface area contributed by atoms with Gasteiger partial charge in [0, 0.05) is 12.6 Å². The van der Waals surface area contributed by atoms with E-state index in [1.807, 2.05) is 0 Å². The van der Waals surface area contributed by atoms with Gasteiger partial charge in [-0.15, -0.1) is 0 Å². The number of halogens is 3. The van der Waals surface area contributed by atoms with Crippen molar-refractivity contribution in [3.05, 3.63) is 53.8 Å². The molecule has 0 bridgehead atoms. The summed E-state index contributed by atoms with van der Waals surface area (Å²) in [6.07, 6.45) is -0.0846. The number of anilines is 2. The van der Waals surface area contributed by atoms with E-state index in [9.17, 15) is 22.8 Å². The summed E-state index contributed by atoms with van der Waals surface area (Å²) >= 11 is 0. The van der Waals surface area contributed by atoms with Crippen molar-refractivity contribution in [3.63, 3.8) is 0 Å². The summed E-state index contributed by atoms with van der Waals surface area (Å²) < 4.78 is 42.1. The second kappa shape index (κ2) is 8.18. The molecule has 0 aliphatic rings. The normalized spacial score (nSPS) is 10.4. The number of carbonyl (C=O) groups excluding carboxylic acids is 2. The zero-order valence-corrected chi connectivity index (χ0v) is 13.2. The number of amides is 2. The number of carbonyl (C=O) groups is 2. The van der Waals surface area contributed by atoms with E-state index in [1.54, 1.807) is 0 Å². The highest BCUT2D eigenvalue weighted by Gasteiger charge is 2.10. The summed E-state index contributed by atoms with van der Waals surface area (Å²) in [5.41, 5.74) is 0.809. The Morgan fingerprint density at radius 2 is 1.76 bits per heavy atom. The molecule has 2 rings (SSSR count). The molecule has 25 heavy (non-hydrogen) atoms. The molecule has 0 saturated heterocycles. The van der Waals surface area contributed by atoms with Gasteiger partial charge in [0.1, 0.15) is 11.6 Å². The molecule has 2 aromatic rings. The molecule has 2 aromatic carbocycles. The van der Waals surface area contributed by atoms with Crippen LogP contribution in [0, 0.1) is 5.82 Å². The van der Waals surface area contributed by atoms with Gasteiger partial charge in [-0.25, -0.2) is 4.39 Å². The highest BCUT2D eigenvalue weighted by molar-refractivity contribution is 5.94. The molecule has 5 nitrogen and oxygen atoms in total. The number of hydrogen-bond donors (Lipinski definition) is 2. The second-order valence-corrected chi connectivity index (χ2v) is 5.12. The number of benzene rings is 2. The number of hydrogen-bond acceptors (Lipinski definition) is 3. The molecule has 0 radical (unpaired) electrons. The van der Waals surface area contributed by atoms with Gasteiger partial charge in [0.25, 0.3) is 0 Å². The van der Waals surface area contributed by atoms with Crippen molar-refractivity contribution >= 4 is 23.2 Å².